The molecule has 2 bridgehead atoms. The van der Waals surface area contributed by atoms with Crippen molar-refractivity contribution in [1.29, 1.82) is 0 Å². The lowest BCUT2D eigenvalue weighted by molar-refractivity contribution is -0.214. The smallest absolute Gasteiger partial charge is 0.224 e. The van der Waals surface area contributed by atoms with Crippen molar-refractivity contribution in [3.63, 3.8) is 0 Å². The quantitative estimate of drug-likeness (QED) is 0.555. The number of fused-ring (bicyclic) bond motifs is 1. The number of carbonyl (C=O) groups excluding carboxylic acids is 1. The predicted molar refractivity (Wildman–Crippen MR) is 122 cm³/mol. The van der Waals surface area contributed by atoms with Gasteiger partial charge in [-0.1, -0.05) is 13.0 Å². The average Bonchev–Trinajstić information content (AvgIpc) is 2.68. The van der Waals surface area contributed by atoms with Crippen LogP contribution in [0.4, 0.5) is 20.2 Å². The van der Waals surface area contributed by atoms with Gasteiger partial charge in [-0.2, -0.15) is 0 Å². The van der Waals surface area contributed by atoms with Gasteiger partial charge in [0, 0.05) is 30.1 Å². The number of nitrogens with one attached hydrogen (secondary N) is 1. The molecule has 1 aliphatic heterocycles. The second-order valence-electron chi connectivity index (χ2n) is 9.56. The van der Waals surface area contributed by atoms with Gasteiger partial charge in [0.25, 0.3) is 0 Å². The van der Waals surface area contributed by atoms with E-state index >= 15 is 0 Å². The number of halogens is 2. The highest BCUT2D eigenvalue weighted by Gasteiger charge is 2.69. The van der Waals surface area contributed by atoms with E-state index in [4.69, 9.17) is 0 Å². The number of aryl methyl sites for hydroxylation is 1. The Labute approximate surface area is 186 Å². The number of nitrogens with zero attached hydrogens (tertiary/aromatic N) is 1. The summed E-state index contributed by atoms with van der Waals surface area (Å²) in [7, 11) is 0. The Morgan fingerprint density at radius 3 is 2.68 bits per heavy atom. The molecule has 3 aliphatic carbocycles. The number of carbonyl (C=O) groups is 1. The van der Waals surface area contributed by atoms with Crippen LogP contribution in [0.1, 0.15) is 49.3 Å². The maximum atomic E-state index is 13.8. The van der Waals surface area contributed by atoms with Crippen molar-refractivity contribution in [2.24, 2.45) is 5.41 Å². The highest BCUT2D eigenvalue weighted by molar-refractivity contribution is 7.99. The minimum atomic E-state index is -0.972. The lowest BCUT2D eigenvalue weighted by Gasteiger charge is -2.65. The van der Waals surface area contributed by atoms with E-state index in [-0.39, 0.29) is 17.1 Å². The molecule has 3 saturated carbocycles. The fourth-order valence-electron chi connectivity index (χ4n) is 5.66. The van der Waals surface area contributed by atoms with E-state index in [1.165, 1.54) is 6.07 Å². The first-order valence-corrected chi connectivity index (χ1v) is 12.1. The molecule has 1 heterocycles. The van der Waals surface area contributed by atoms with E-state index in [2.05, 4.69) is 29.3 Å². The molecule has 1 N–H and O–H groups in total. The summed E-state index contributed by atoms with van der Waals surface area (Å²) < 4.78 is 27.3. The van der Waals surface area contributed by atoms with E-state index in [9.17, 15) is 13.6 Å². The first kappa shape index (κ1) is 20.8. The van der Waals surface area contributed by atoms with Crippen LogP contribution in [0.3, 0.4) is 0 Å². The molecule has 0 aromatic heterocycles. The molecule has 2 aromatic rings. The number of rotatable bonds is 6. The number of alkyl halides is 1. The van der Waals surface area contributed by atoms with Gasteiger partial charge in [0.2, 0.25) is 5.91 Å². The lowest BCUT2D eigenvalue weighted by atomic mass is 9.41. The van der Waals surface area contributed by atoms with Gasteiger partial charge in [0.1, 0.15) is 11.5 Å². The van der Waals surface area contributed by atoms with E-state index in [1.807, 2.05) is 13.0 Å². The number of amides is 1. The minimum absolute atomic E-state index is 0.00974. The highest BCUT2D eigenvalue weighted by atomic mass is 32.2. The standard InChI is InChI=1S/C25H28F2N2OS/c1-3-31-21-10-20(29-7-6-17-9-19(26)5-4-18(17)12-29)8-16(2)23(21)28-22(30)11-24-13-25(27,14-24)15-24/h4-5,8-10H,3,6-7,11-15H2,1-2H3,(H,28,30). The minimum Gasteiger partial charge on any atom is -0.367 e. The molecule has 164 valence electrons. The highest BCUT2D eigenvalue weighted by Crippen LogP contribution is 2.71. The molecule has 3 fully saturated rings. The largest absolute Gasteiger partial charge is 0.367 e. The van der Waals surface area contributed by atoms with Crippen LogP contribution < -0.4 is 10.2 Å². The summed E-state index contributed by atoms with van der Waals surface area (Å²) in [5.41, 5.74) is 4.22. The van der Waals surface area contributed by atoms with Gasteiger partial charge in [0.05, 0.1) is 5.69 Å². The van der Waals surface area contributed by atoms with Crippen molar-refractivity contribution in [2.75, 3.05) is 22.5 Å². The third-order valence-electron chi connectivity index (χ3n) is 7.01. The van der Waals surface area contributed by atoms with Gasteiger partial charge >= 0.3 is 0 Å². The summed E-state index contributed by atoms with van der Waals surface area (Å²) in [6.07, 6.45) is 2.86. The molecule has 6 heteroatoms. The molecule has 0 unspecified atom stereocenters. The van der Waals surface area contributed by atoms with Gasteiger partial charge in [-0.3, -0.25) is 4.79 Å². The van der Waals surface area contributed by atoms with Crippen molar-refractivity contribution >= 4 is 29.0 Å². The Balaban J connectivity index is 1.34. The first-order chi connectivity index (χ1) is 14.8. The SMILES string of the molecule is CCSc1cc(N2CCc3cc(F)ccc3C2)cc(C)c1NC(=O)CC12CC(F)(C1)C2. The summed E-state index contributed by atoms with van der Waals surface area (Å²) in [4.78, 5) is 16.1. The van der Waals surface area contributed by atoms with E-state index in [1.54, 1.807) is 17.8 Å². The van der Waals surface area contributed by atoms with Crippen LogP contribution in [0.15, 0.2) is 35.2 Å². The second kappa shape index (κ2) is 7.51. The average molecular weight is 443 g/mol. The van der Waals surface area contributed by atoms with Crippen molar-refractivity contribution in [3.8, 4) is 0 Å². The fourth-order valence-corrected chi connectivity index (χ4v) is 6.53. The van der Waals surface area contributed by atoms with Gasteiger partial charge in [-0.25, -0.2) is 8.78 Å². The number of hydrogen-bond donors (Lipinski definition) is 1. The van der Waals surface area contributed by atoms with Crippen molar-refractivity contribution < 1.29 is 13.6 Å². The lowest BCUT2D eigenvalue weighted by Crippen LogP contribution is -2.65. The molecule has 1 amide bonds. The zero-order valence-corrected chi connectivity index (χ0v) is 18.9. The molecule has 0 spiro atoms. The predicted octanol–water partition coefficient (Wildman–Crippen LogP) is 6.03. The van der Waals surface area contributed by atoms with Crippen LogP contribution in [-0.2, 0) is 17.8 Å². The number of thioether (sulfide) groups is 1. The van der Waals surface area contributed by atoms with E-state index in [0.29, 0.717) is 25.7 Å². The zero-order valence-electron chi connectivity index (χ0n) is 18.1. The van der Waals surface area contributed by atoms with Crippen molar-refractivity contribution in [3.05, 3.63) is 52.8 Å². The summed E-state index contributed by atoms with van der Waals surface area (Å²) in [5.74, 6) is 0.720. The molecule has 31 heavy (non-hydrogen) atoms. The number of anilines is 2. The van der Waals surface area contributed by atoms with Crippen molar-refractivity contribution in [2.45, 2.75) is 63.1 Å². The third kappa shape index (κ3) is 3.84. The summed E-state index contributed by atoms with van der Waals surface area (Å²) in [6, 6.07) is 9.34. The summed E-state index contributed by atoms with van der Waals surface area (Å²) in [5, 5.41) is 3.13. The topological polar surface area (TPSA) is 32.3 Å². The maximum absolute atomic E-state index is 13.8. The van der Waals surface area contributed by atoms with E-state index in [0.717, 1.165) is 58.2 Å². The maximum Gasteiger partial charge on any atom is 0.224 e. The van der Waals surface area contributed by atoms with Crippen molar-refractivity contribution in [1.82, 2.24) is 0 Å². The molecule has 6 rings (SSSR count). The van der Waals surface area contributed by atoms with Crippen LogP contribution in [0.25, 0.3) is 0 Å². The summed E-state index contributed by atoms with van der Waals surface area (Å²) in [6.45, 7) is 5.73. The van der Waals surface area contributed by atoms with Crippen LogP contribution in [0.5, 0.6) is 0 Å². The Morgan fingerprint density at radius 1 is 1.19 bits per heavy atom. The monoisotopic (exact) mass is 442 g/mol. The fraction of sp³-hybridized carbons (Fsp3) is 0.480. The molecular weight excluding hydrogens is 414 g/mol. The molecular formula is C25H28F2N2OS. The molecule has 3 nitrogen and oxygen atoms in total. The molecule has 0 atom stereocenters. The first-order valence-electron chi connectivity index (χ1n) is 11.1. The molecule has 4 aliphatic rings. The van der Waals surface area contributed by atoms with Gasteiger partial charge in [0.15, 0.2) is 0 Å². The Bertz CT molecular complexity index is 1030. The van der Waals surface area contributed by atoms with Crippen LogP contribution in [-0.4, -0.2) is 23.9 Å². The van der Waals surface area contributed by atoms with Gasteiger partial charge < -0.3 is 10.2 Å². The van der Waals surface area contributed by atoms with Crippen LogP contribution in [0, 0.1) is 18.2 Å². The van der Waals surface area contributed by atoms with Crippen LogP contribution >= 0.6 is 11.8 Å². The normalized spacial score (nSPS) is 26.0. The number of hydrogen-bond acceptors (Lipinski definition) is 3. The second-order valence-corrected chi connectivity index (χ2v) is 10.9. The van der Waals surface area contributed by atoms with Crippen LogP contribution in [0.2, 0.25) is 0 Å². The van der Waals surface area contributed by atoms with Gasteiger partial charge in [-0.05, 0) is 84.7 Å². The molecule has 2 aromatic carbocycles. The Morgan fingerprint density at radius 2 is 1.97 bits per heavy atom. The Hall–Kier alpha value is -2.08. The molecule has 0 saturated heterocycles. The van der Waals surface area contributed by atoms with E-state index < -0.39 is 5.67 Å². The zero-order chi connectivity index (χ0) is 21.8. The Kier molecular flexibility index (Phi) is 5.04. The molecule has 0 radical (unpaired) electrons. The van der Waals surface area contributed by atoms with Gasteiger partial charge in [-0.15, -0.1) is 11.8 Å². The summed E-state index contributed by atoms with van der Waals surface area (Å²) >= 11 is 1.72. The number of benzene rings is 2. The third-order valence-corrected chi connectivity index (χ3v) is 7.93.